The van der Waals surface area contributed by atoms with Gasteiger partial charge in [0.1, 0.15) is 11.0 Å². The highest BCUT2D eigenvalue weighted by atomic mass is 35.7. The number of ether oxygens (including phenoxy) is 1. The van der Waals surface area contributed by atoms with Crippen molar-refractivity contribution < 1.29 is 26.9 Å². The number of hydrogen-bond acceptors (Lipinski definition) is 6. The zero-order valence-corrected chi connectivity index (χ0v) is 10.3. The first-order chi connectivity index (χ1) is 8.66. The highest BCUT2D eigenvalue weighted by Gasteiger charge is 2.26. The Bertz CT molecular complexity index is 670. The minimum atomic E-state index is -4.44. The lowest BCUT2D eigenvalue weighted by atomic mass is 10.2. The van der Waals surface area contributed by atoms with Gasteiger partial charge in [-0.25, -0.2) is 8.42 Å². The van der Waals surface area contributed by atoms with E-state index in [1.165, 1.54) is 6.07 Å². The molecule has 0 saturated carbocycles. The van der Waals surface area contributed by atoms with Gasteiger partial charge in [-0.05, 0) is 0 Å². The third kappa shape index (κ3) is 3.49. The number of halogens is 3. The molecule has 0 N–H and O–H groups in total. The molecule has 0 aliphatic heterocycles. The van der Waals surface area contributed by atoms with Crippen LogP contribution in [0, 0.1) is 21.4 Å². The maximum Gasteiger partial charge on any atom is 0.387 e. The summed E-state index contributed by atoms with van der Waals surface area (Å²) >= 11 is 0. The van der Waals surface area contributed by atoms with Crippen LogP contribution in [0.25, 0.3) is 0 Å². The fourth-order valence-electron chi connectivity index (χ4n) is 1.17. The number of benzene rings is 1. The van der Waals surface area contributed by atoms with Crippen LogP contribution in [0.3, 0.4) is 0 Å². The number of alkyl halides is 2. The Hall–Kier alpha value is -1.99. The summed E-state index contributed by atoms with van der Waals surface area (Å²) in [5, 5.41) is 19.3. The molecule has 0 unspecified atom stereocenters. The van der Waals surface area contributed by atoms with E-state index in [-0.39, 0.29) is 0 Å². The van der Waals surface area contributed by atoms with E-state index in [2.05, 4.69) is 4.74 Å². The average molecular weight is 313 g/mol. The predicted octanol–water partition coefficient (Wildman–Crippen LogP) is 2.00. The van der Waals surface area contributed by atoms with Gasteiger partial charge in [0.15, 0.2) is 0 Å². The van der Waals surface area contributed by atoms with Gasteiger partial charge < -0.3 is 4.74 Å². The van der Waals surface area contributed by atoms with Crippen molar-refractivity contribution in [2.75, 3.05) is 0 Å². The molecular weight excluding hydrogens is 310 g/mol. The maximum atomic E-state index is 12.1. The number of nitro groups is 1. The Morgan fingerprint density at radius 2 is 2.05 bits per heavy atom. The van der Waals surface area contributed by atoms with E-state index >= 15 is 0 Å². The molecule has 0 heterocycles. The molecular formula is C8H3ClF2N2O5S. The molecule has 0 saturated heterocycles. The van der Waals surface area contributed by atoms with Crippen molar-refractivity contribution in [2.24, 2.45) is 0 Å². The third-order valence-corrected chi connectivity index (χ3v) is 3.22. The van der Waals surface area contributed by atoms with E-state index in [0.29, 0.717) is 12.1 Å². The molecule has 0 aromatic heterocycles. The maximum absolute atomic E-state index is 12.1. The van der Waals surface area contributed by atoms with E-state index in [4.69, 9.17) is 15.9 Å². The summed E-state index contributed by atoms with van der Waals surface area (Å²) in [6.07, 6.45) is 0. The minimum Gasteiger partial charge on any atom is -0.427 e. The van der Waals surface area contributed by atoms with Crippen molar-refractivity contribution in [1.29, 1.82) is 5.26 Å². The second-order valence-electron chi connectivity index (χ2n) is 3.00. The largest absolute Gasteiger partial charge is 0.427 e. The van der Waals surface area contributed by atoms with Crippen molar-refractivity contribution in [3.63, 3.8) is 0 Å². The van der Waals surface area contributed by atoms with Crippen LogP contribution in [0.5, 0.6) is 5.75 Å². The number of nitriles is 1. The van der Waals surface area contributed by atoms with Crippen molar-refractivity contribution in [3.05, 3.63) is 27.8 Å². The second-order valence-corrected chi connectivity index (χ2v) is 5.54. The average Bonchev–Trinajstić information content (AvgIpc) is 2.25. The van der Waals surface area contributed by atoms with Gasteiger partial charge in [0.05, 0.1) is 10.5 Å². The Labute approximate surface area is 109 Å². The van der Waals surface area contributed by atoms with E-state index < -0.39 is 42.5 Å². The quantitative estimate of drug-likeness (QED) is 0.477. The van der Waals surface area contributed by atoms with E-state index in [1.807, 2.05) is 0 Å². The van der Waals surface area contributed by atoms with Gasteiger partial charge in [0.2, 0.25) is 5.75 Å². The minimum absolute atomic E-state index is 0.387. The number of rotatable bonds is 4. The Morgan fingerprint density at radius 3 is 2.42 bits per heavy atom. The summed E-state index contributed by atoms with van der Waals surface area (Å²) in [5.41, 5.74) is -1.69. The van der Waals surface area contributed by atoms with Crippen LogP contribution in [0.2, 0.25) is 0 Å². The molecule has 0 fully saturated rings. The highest BCUT2D eigenvalue weighted by molar-refractivity contribution is 8.13. The molecule has 102 valence electrons. The Kier molecular flexibility index (Phi) is 4.23. The number of hydrogen-bond donors (Lipinski definition) is 0. The number of nitro benzene ring substituents is 1. The van der Waals surface area contributed by atoms with Crippen LogP contribution in [0.1, 0.15) is 5.56 Å². The highest BCUT2D eigenvalue weighted by Crippen LogP contribution is 2.34. The molecule has 11 heteroatoms. The smallest absolute Gasteiger partial charge is 0.387 e. The van der Waals surface area contributed by atoms with E-state index in [1.54, 1.807) is 0 Å². The summed E-state index contributed by atoms with van der Waals surface area (Å²) in [5.74, 6) is -0.930. The van der Waals surface area contributed by atoms with Crippen molar-refractivity contribution >= 4 is 25.4 Å². The summed E-state index contributed by atoms with van der Waals surface area (Å²) in [6.45, 7) is -3.37. The molecule has 0 bridgehead atoms. The second kappa shape index (κ2) is 5.33. The van der Waals surface area contributed by atoms with Crippen LogP contribution in [0.4, 0.5) is 14.5 Å². The SMILES string of the molecule is N#Cc1cc(OC(F)F)c([N+](=O)[O-])cc1S(=O)(=O)Cl. The van der Waals surface area contributed by atoms with Gasteiger partial charge in [0.25, 0.3) is 9.05 Å². The first-order valence-electron chi connectivity index (χ1n) is 4.29. The first kappa shape index (κ1) is 15.1. The van der Waals surface area contributed by atoms with Crippen molar-refractivity contribution in [1.82, 2.24) is 0 Å². The summed E-state index contributed by atoms with van der Waals surface area (Å²) < 4.78 is 50.2. The van der Waals surface area contributed by atoms with Crippen LogP contribution < -0.4 is 4.74 Å². The Morgan fingerprint density at radius 1 is 1.47 bits per heavy atom. The van der Waals surface area contributed by atoms with Crippen LogP contribution >= 0.6 is 10.7 Å². The first-order valence-corrected chi connectivity index (χ1v) is 6.59. The van der Waals surface area contributed by atoms with E-state index in [0.717, 1.165) is 0 Å². The molecule has 0 atom stereocenters. The molecule has 0 spiro atoms. The van der Waals surface area contributed by atoms with Crippen LogP contribution in [-0.2, 0) is 9.05 Å². The van der Waals surface area contributed by atoms with Crippen LogP contribution in [-0.4, -0.2) is 20.0 Å². The lowest BCUT2D eigenvalue weighted by molar-refractivity contribution is -0.386. The zero-order chi connectivity index (χ0) is 14.8. The zero-order valence-electron chi connectivity index (χ0n) is 8.71. The predicted molar refractivity (Wildman–Crippen MR) is 57.5 cm³/mol. The lowest BCUT2D eigenvalue weighted by Crippen LogP contribution is -2.06. The topological polar surface area (TPSA) is 110 Å². The molecule has 1 aromatic rings. The van der Waals surface area contributed by atoms with E-state index in [9.17, 15) is 27.3 Å². The van der Waals surface area contributed by atoms with Gasteiger partial charge in [-0.3, -0.25) is 10.1 Å². The molecule has 0 radical (unpaired) electrons. The third-order valence-electron chi connectivity index (χ3n) is 1.86. The van der Waals surface area contributed by atoms with Crippen LogP contribution in [0.15, 0.2) is 17.0 Å². The lowest BCUT2D eigenvalue weighted by Gasteiger charge is -2.07. The van der Waals surface area contributed by atoms with Gasteiger partial charge in [-0.15, -0.1) is 0 Å². The normalized spacial score (nSPS) is 11.1. The molecule has 19 heavy (non-hydrogen) atoms. The summed E-state index contributed by atoms with van der Waals surface area (Å²) in [4.78, 5) is 8.65. The van der Waals surface area contributed by atoms with Gasteiger partial charge in [0, 0.05) is 22.8 Å². The van der Waals surface area contributed by atoms with Crippen molar-refractivity contribution in [3.8, 4) is 11.8 Å². The molecule has 0 amide bonds. The fourth-order valence-corrected chi connectivity index (χ4v) is 2.17. The molecule has 1 rings (SSSR count). The number of nitrogens with zero attached hydrogens (tertiary/aromatic N) is 2. The van der Waals surface area contributed by atoms with Gasteiger partial charge >= 0.3 is 12.3 Å². The summed E-state index contributed by atoms with van der Waals surface area (Å²) in [7, 11) is 0.542. The molecule has 0 aliphatic carbocycles. The molecule has 1 aromatic carbocycles. The summed E-state index contributed by atoms with van der Waals surface area (Å²) in [6, 6.07) is 2.27. The fraction of sp³-hybridized carbons (Fsp3) is 0.125. The Balaban J connectivity index is 3.62. The standard InChI is InChI=1S/C8H3ClF2N2O5S/c9-19(16,17)7-2-5(13(14)15)6(18-8(10)11)1-4(7)3-12/h1-2,8H. The molecule has 0 aliphatic rings. The molecule has 7 nitrogen and oxygen atoms in total. The van der Waals surface area contributed by atoms with Crippen molar-refractivity contribution in [2.45, 2.75) is 11.5 Å². The van der Waals surface area contributed by atoms with Gasteiger partial charge in [-0.1, -0.05) is 0 Å². The van der Waals surface area contributed by atoms with Gasteiger partial charge in [-0.2, -0.15) is 14.0 Å². The monoisotopic (exact) mass is 312 g/mol.